The summed E-state index contributed by atoms with van der Waals surface area (Å²) >= 11 is 0. The molecule has 1 atom stereocenters. The summed E-state index contributed by atoms with van der Waals surface area (Å²) in [6.45, 7) is -12.4. The predicted molar refractivity (Wildman–Crippen MR) is 76.0 cm³/mol. The molecule has 0 spiro atoms. The molecule has 2 aromatic rings. The normalized spacial score (nSPS) is 25.9. The van der Waals surface area contributed by atoms with Gasteiger partial charge in [0.15, 0.2) is 0 Å². The number of aromatic nitrogens is 2. The van der Waals surface area contributed by atoms with Gasteiger partial charge in [0, 0.05) is 30.6 Å². The van der Waals surface area contributed by atoms with Crippen molar-refractivity contribution in [1.29, 1.82) is 0 Å². The van der Waals surface area contributed by atoms with Gasteiger partial charge in [0.05, 0.1) is 16.4 Å². The molecule has 1 heterocycles. The smallest absolute Gasteiger partial charge is 0.124 e. The summed E-state index contributed by atoms with van der Waals surface area (Å²) in [6.07, 6.45) is -1.48. The summed E-state index contributed by atoms with van der Waals surface area (Å²) in [5, 5.41) is 3.68. The first-order valence-corrected chi connectivity index (χ1v) is 5.49. The third kappa shape index (κ3) is 3.66. The molecule has 0 aliphatic rings. The highest BCUT2D eigenvalue weighted by molar-refractivity contribution is 5.25. The van der Waals surface area contributed by atoms with E-state index in [4.69, 9.17) is 19.8 Å². The zero-order valence-corrected chi connectivity index (χ0v) is 10.3. The third-order valence-electron chi connectivity index (χ3n) is 2.28. The quantitative estimate of drug-likeness (QED) is 0.805. The SMILES string of the molecule is [2H]C(OC([2H])([2H])C([2H])([2H])N(C)C([2H])([2H])[2H])(c1ccccc1)c1ccnn1C([2H])([2H])[2H]. The standard InChI is InChI=1S/C15H21N3O/c1-17(2)11-12-19-15(13-7-5-4-6-8-13)14-9-10-16-18(14)3/h4-10,15H,11-12H2,1-3H3/i1D3,3D3,11D2,12D2,15D. The molecule has 0 saturated carbocycles. The molecule has 0 saturated heterocycles. The van der Waals surface area contributed by atoms with Gasteiger partial charge in [-0.1, -0.05) is 30.3 Å². The Balaban J connectivity index is 2.65. The van der Waals surface area contributed by atoms with Crippen molar-refractivity contribution in [2.75, 3.05) is 27.1 Å². The van der Waals surface area contributed by atoms with Crippen LogP contribution in [-0.4, -0.2) is 41.8 Å². The van der Waals surface area contributed by atoms with Gasteiger partial charge in [-0.15, -0.1) is 0 Å². The molecule has 2 rings (SSSR count). The van der Waals surface area contributed by atoms with Crippen LogP contribution < -0.4 is 0 Å². The molecular formula is C15H21N3O. The van der Waals surface area contributed by atoms with Crippen LogP contribution in [0, 0.1) is 0 Å². The van der Waals surface area contributed by atoms with Crippen LogP contribution >= 0.6 is 0 Å². The molecule has 0 bridgehead atoms. The van der Waals surface area contributed by atoms with Gasteiger partial charge in [-0.3, -0.25) is 4.68 Å². The van der Waals surface area contributed by atoms with E-state index < -0.39 is 33.1 Å². The van der Waals surface area contributed by atoms with Crippen LogP contribution in [0.15, 0.2) is 42.6 Å². The van der Waals surface area contributed by atoms with Crippen molar-refractivity contribution in [1.82, 2.24) is 14.7 Å². The number of nitrogens with zero attached hydrogens (tertiary/aromatic N) is 3. The monoisotopic (exact) mass is 270 g/mol. The molecule has 1 aromatic carbocycles. The van der Waals surface area contributed by atoms with Crippen LogP contribution in [0.5, 0.6) is 0 Å². The molecule has 19 heavy (non-hydrogen) atoms. The van der Waals surface area contributed by atoms with Crippen LogP contribution in [0.25, 0.3) is 0 Å². The minimum absolute atomic E-state index is 0.00721. The molecule has 0 amide bonds. The number of rotatable bonds is 6. The van der Waals surface area contributed by atoms with Gasteiger partial charge in [-0.25, -0.2) is 0 Å². The van der Waals surface area contributed by atoms with E-state index in [1.54, 1.807) is 6.07 Å². The second-order valence-electron chi connectivity index (χ2n) is 3.70. The summed E-state index contributed by atoms with van der Waals surface area (Å²) in [5.74, 6) is 0. The Kier molecular flexibility index (Phi) is 1.84. The number of likely N-dealkylation sites (N-methyl/N-ethyl adjacent to an activating group) is 1. The first-order valence-electron chi connectivity index (χ1n) is 11.0. The van der Waals surface area contributed by atoms with Gasteiger partial charge >= 0.3 is 0 Å². The number of benzene rings is 1. The lowest BCUT2D eigenvalue weighted by Gasteiger charge is -2.20. The predicted octanol–water partition coefficient (Wildman–Crippen LogP) is 2.09. The number of hydrogen-bond acceptors (Lipinski definition) is 3. The zero-order valence-electron chi connectivity index (χ0n) is 21.3. The van der Waals surface area contributed by atoms with E-state index in [2.05, 4.69) is 5.10 Å². The molecule has 0 aliphatic heterocycles. The summed E-state index contributed by atoms with van der Waals surface area (Å²) < 4.78 is 92.1. The Morgan fingerprint density at radius 2 is 2.32 bits per heavy atom. The van der Waals surface area contributed by atoms with Gasteiger partial charge in [-0.05, 0) is 25.7 Å². The molecule has 0 fully saturated rings. The Bertz CT molecular complexity index is 863. The van der Waals surface area contributed by atoms with E-state index in [-0.39, 0.29) is 16.2 Å². The van der Waals surface area contributed by atoms with Crippen LogP contribution in [0.3, 0.4) is 0 Å². The van der Waals surface area contributed by atoms with E-state index in [0.29, 0.717) is 4.68 Å². The molecule has 4 heteroatoms. The topological polar surface area (TPSA) is 30.3 Å². The van der Waals surface area contributed by atoms with Crippen molar-refractivity contribution in [2.45, 2.75) is 6.08 Å². The van der Waals surface area contributed by atoms with Gasteiger partial charge in [-0.2, -0.15) is 5.10 Å². The third-order valence-corrected chi connectivity index (χ3v) is 2.28. The summed E-state index contributed by atoms with van der Waals surface area (Å²) in [7, 11) is 0.856. The average Bonchev–Trinajstić information content (AvgIpc) is 3.11. The minimum atomic E-state index is -3.36. The van der Waals surface area contributed by atoms with Crippen LogP contribution in [0.4, 0.5) is 0 Å². The Hall–Kier alpha value is -1.65. The first kappa shape index (κ1) is 5.38. The van der Waals surface area contributed by atoms with Gasteiger partial charge < -0.3 is 9.64 Å². The fourth-order valence-electron chi connectivity index (χ4n) is 1.47. The Morgan fingerprint density at radius 3 is 3.05 bits per heavy atom. The lowest BCUT2D eigenvalue weighted by atomic mass is 10.1. The molecule has 1 unspecified atom stereocenters. The lowest BCUT2D eigenvalue weighted by Crippen LogP contribution is -2.20. The fourth-order valence-corrected chi connectivity index (χ4v) is 1.47. The zero-order chi connectivity index (χ0) is 23.2. The van der Waals surface area contributed by atoms with E-state index >= 15 is 0 Å². The molecule has 102 valence electrons. The number of aryl methyl sites for hydroxylation is 1. The van der Waals surface area contributed by atoms with E-state index in [1.807, 2.05) is 0 Å². The van der Waals surface area contributed by atoms with Crippen molar-refractivity contribution < 1.29 is 19.8 Å². The van der Waals surface area contributed by atoms with E-state index in [0.717, 1.165) is 19.3 Å². The van der Waals surface area contributed by atoms with Crippen molar-refractivity contribution in [3.05, 3.63) is 53.9 Å². The van der Waals surface area contributed by atoms with E-state index in [9.17, 15) is 0 Å². The van der Waals surface area contributed by atoms with Crippen molar-refractivity contribution >= 4 is 0 Å². The Labute approximate surface area is 130 Å². The molecule has 4 nitrogen and oxygen atoms in total. The summed E-state index contributed by atoms with van der Waals surface area (Å²) in [5.41, 5.74) is -0.392. The molecular weight excluding hydrogens is 238 g/mol. The molecule has 1 aromatic heterocycles. The maximum Gasteiger partial charge on any atom is 0.124 e. The molecule has 0 N–H and O–H groups in total. The molecule has 0 radical (unpaired) electrons. The molecule has 0 aliphatic carbocycles. The number of ether oxygens (including phenoxy) is 1. The maximum absolute atomic E-state index is 8.87. The van der Waals surface area contributed by atoms with Crippen LogP contribution in [-0.2, 0) is 11.7 Å². The average molecular weight is 270 g/mol. The highest BCUT2D eigenvalue weighted by Gasteiger charge is 2.17. The first-order chi connectivity index (χ1) is 13.4. The lowest BCUT2D eigenvalue weighted by molar-refractivity contribution is 0.0638. The second-order valence-corrected chi connectivity index (χ2v) is 3.70. The minimum Gasteiger partial charge on any atom is -0.366 e. The fraction of sp³-hybridized carbons (Fsp3) is 0.400. The number of hydrogen-bond donors (Lipinski definition) is 0. The summed E-state index contributed by atoms with van der Waals surface area (Å²) in [6, 6.07) is 8.53. The highest BCUT2D eigenvalue weighted by atomic mass is 16.5. The maximum atomic E-state index is 8.87. The van der Waals surface area contributed by atoms with Crippen LogP contribution in [0.2, 0.25) is 0 Å². The Morgan fingerprint density at radius 1 is 1.47 bits per heavy atom. The second kappa shape index (κ2) is 6.50. The van der Waals surface area contributed by atoms with Gasteiger partial charge in [0.1, 0.15) is 6.08 Å². The van der Waals surface area contributed by atoms with Crippen LogP contribution in [0.1, 0.15) is 32.4 Å². The van der Waals surface area contributed by atoms with Crippen molar-refractivity contribution in [2.24, 2.45) is 6.98 Å². The van der Waals surface area contributed by atoms with Crippen molar-refractivity contribution in [3.8, 4) is 0 Å². The van der Waals surface area contributed by atoms with Crippen molar-refractivity contribution in [3.63, 3.8) is 0 Å². The van der Waals surface area contributed by atoms with E-state index in [1.165, 1.54) is 24.3 Å². The highest BCUT2D eigenvalue weighted by Crippen LogP contribution is 2.25. The van der Waals surface area contributed by atoms with Gasteiger partial charge in [0.2, 0.25) is 0 Å². The summed E-state index contributed by atoms with van der Waals surface area (Å²) in [4.78, 5) is 0.173. The largest absolute Gasteiger partial charge is 0.366 e. The van der Waals surface area contributed by atoms with Gasteiger partial charge in [0.25, 0.3) is 0 Å².